The lowest BCUT2D eigenvalue weighted by atomic mass is 9.81. The second-order valence-corrected chi connectivity index (χ2v) is 8.95. The van der Waals surface area contributed by atoms with Crippen molar-refractivity contribution in [1.82, 2.24) is 10.3 Å². The van der Waals surface area contributed by atoms with Crippen LogP contribution in [-0.4, -0.2) is 29.4 Å². The molecule has 1 aliphatic rings. The number of carbonyl (C=O) groups is 2. The van der Waals surface area contributed by atoms with E-state index in [-0.39, 0.29) is 17.7 Å². The molecule has 3 aromatic rings. The summed E-state index contributed by atoms with van der Waals surface area (Å²) in [6, 6.07) is 17.0. The summed E-state index contributed by atoms with van der Waals surface area (Å²) in [7, 11) is 0. The fourth-order valence-electron chi connectivity index (χ4n) is 4.59. The number of hydrogen-bond acceptors (Lipinski definition) is 3. The zero-order chi connectivity index (χ0) is 22.5. The van der Waals surface area contributed by atoms with Gasteiger partial charge in [0.25, 0.3) is 0 Å². The lowest BCUT2D eigenvalue weighted by molar-refractivity contribution is -0.130. The highest BCUT2D eigenvalue weighted by Crippen LogP contribution is 2.28. The van der Waals surface area contributed by atoms with Crippen molar-refractivity contribution >= 4 is 28.4 Å². The highest BCUT2D eigenvalue weighted by atomic mass is 16.2. The summed E-state index contributed by atoms with van der Waals surface area (Å²) < 4.78 is 0. The van der Waals surface area contributed by atoms with Crippen LogP contribution in [-0.2, 0) is 16.0 Å². The van der Waals surface area contributed by atoms with Crippen LogP contribution in [0.4, 0.5) is 5.69 Å². The van der Waals surface area contributed by atoms with Crippen molar-refractivity contribution in [2.24, 2.45) is 17.6 Å². The molecule has 1 fully saturated rings. The Balaban J connectivity index is 1.47. The van der Waals surface area contributed by atoms with Crippen molar-refractivity contribution in [3.05, 3.63) is 65.9 Å². The van der Waals surface area contributed by atoms with Crippen LogP contribution in [0.2, 0.25) is 0 Å². The molecule has 0 radical (unpaired) electrons. The number of H-pyrrole nitrogens is 1. The Morgan fingerprint density at radius 2 is 1.81 bits per heavy atom. The number of anilines is 1. The summed E-state index contributed by atoms with van der Waals surface area (Å²) >= 11 is 0. The van der Waals surface area contributed by atoms with Gasteiger partial charge in [0.15, 0.2) is 0 Å². The number of rotatable bonds is 7. The lowest BCUT2D eigenvalue weighted by Gasteiger charge is -2.28. The van der Waals surface area contributed by atoms with Crippen LogP contribution in [0.3, 0.4) is 0 Å². The number of aromatic nitrogens is 1. The Hall–Kier alpha value is -3.12. The Bertz CT molecular complexity index is 1070. The monoisotopic (exact) mass is 432 g/mol. The highest BCUT2D eigenvalue weighted by Gasteiger charge is 2.29. The molecule has 2 amide bonds. The second kappa shape index (κ2) is 10.0. The van der Waals surface area contributed by atoms with E-state index in [0.717, 1.165) is 47.8 Å². The Morgan fingerprint density at radius 3 is 2.53 bits per heavy atom. The molecule has 32 heavy (non-hydrogen) atoms. The van der Waals surface area contributed by atoms with Crippen molar-refractivity contribution in [3.8, 4) is 0 Å². The SMILES string of the molecule is Cc1cc2ccc(NC(=O)[C@@H](Cc3ccccc3)NC(=O)C3CCC(CN)CC3)cc2[nH]1. The maximum absolute atomic E-state index is 13.2. The van der Waals surface area contributed by atoms with Crippen LogP contribution in [0, 0.1) is 18.8 Å². The Morgan fingerprint density at radius 1 is 1.06 bits per heavy atom. The van der Waals surface area contributed by atoms with Gasteiger partial charge in [-0.05, 0) is 74.2 Å². The molecule has 4 rings (SSSR count). The molecule has 5 N–H and O–H groups in total. The number of carbonyl (C=O) groups excluding carboxylic acids is 2. The van der Waals surface area contributed by atoms with Crippen LogP contribution in [0.25, 0.3) is 10.9 Å². The van der Waals surface area contributed by atoms with Gasteiger partial charge < -0.3 is 21.4 Å². The van der Waals surface area contributed by atoms with E-state index in [2.05, 4.69) is 21.7 Å². The first-order chi connectivity index (χ1) is 15.5. The van der Waals surface area contributed by atoms with Gasteiger partial charge >= 0.3 is 0 Å². The fourth-order valence-corrected chi connectivity index (χ4v) is 4.59. The zero-order valence-corrected chi connectivity index (χ0v) is 18.6. The third-order valence-corrected chi connectivity index (χ3v) is 6.49. The standard InChI is InChI=1S/C26H32N4O2/c1-17-13-21-11-12-22(15-23(21)28-17)29-26(32)24(14-18-5-3-2-4-6-18)30-25(31)20-9-7-19(16-27)8-10-20/h2-6,11-13,15,19-20,24,28H,7-10,14,16,27H2,1H3,(H,29,32)(H,30,31)/t19?,20?,24-/m1/s1. The number of hydrogen-bond donors (Lipinski definition) is 4. The first-order valence-electron chi connectivity index (χ1n) is 11.5. The van der Waals surface area contributed by atoms with Crippen LogP contribution in [0.15, 0.2) is 54.6 Å². The molecule has 0 unspecified atom stereocenters. The van der Waals surface area contributed by atoms with Crippen molar-refractivity contribution < 1.29 is 9.59 Å². The number of nitrogens with two attached hydrogens (primary N) is 1. The third kappa shape index (κ3) is 5.37. The first-order valence-corrected chi connectivity index (χ1v) is 11.5. The fraction of sp³-hybridized carbons (Fsp3) is 0.385. The maximum atomic E-state index is 13.2. The van der Waals surface area contributed by atoms with Crippen LogP contribution in [0.1, 0.15) is 36.9 Å². The first kappa shape index (κ1) is 22.1. The molecule has 1 aromatic heterocycles. The van der Waals surface area contributed by atoms with Gasteiger partial charge in [0.2, 0.25) is 11.8 Å². The second-order valence-electron chi connectivity index (χ2n) is 8.95. The average Bonchev–Trinajstić information content (AvgIpc) is 3.18. The summed E-state index contributed by atoms with van der Waals surface area (Å²) in [5.41, 5.74) is 9.55. The van der Waals surface area contributed by atoms with Crippen molar-refractivity contribution in [1.29, 1.82) is 0 Å². The number of fused-ring (bicyclic) bond motifs is 1. The van der Waals surface area contributed by atoms with E-state index in [1.54, 1.807) is 0 Å². The number of nitrogens with one attached hydrogen (secondary N) is 3. The number of aryl methyl sites for hydroxylation is 1. The molecule has 1 aliphatic carbocycles. The normalized spacial score (nSPS) is 19.4. The highest BCUT2D eigenvalue weighted by molar-refractivity contribution is 5.99. The minimum atomic E-state index is -0.641. The Labute approximate surface area is 189 Å². The quantitative estimate of drug-likeness (QED) is 0.455. The van der Waals surface area contributed by atoms with Crippen molar-refractivity contribution in [3.63, 3.8) is 0 Å². The predicted octanol–water partition coefficient (Wildman–Crippen LogP) is 3.91. The van der Waals surface area contributed by atoms with E-state index in [4.69, 9.17) is 5.73 Å². The van der Waals surface area contributed by atoms with E-state index in [1.807, 2.05) is 55.5 Å². The summed E-state index contributed by atoms with van der Waals surface area (Å²) in [6.07, 6.45) is 4.05. The van der Waals surface area contributed by atoms with Gasteiger partial charge in [-0.3, -0.25) is 9.59 Å². The van der Waals surface area contributed by atoms with E-state index < -0.39 is 6.04 Å². The van der Waals surface area contributed by atoms with Crippen LogP contribution >= 0.6 is 0 Å². The predicted molar refractivity (Wildman–Crippen MR) is 128 cm³/mol. The zero-order valence-electron chi connectivity index (χ0n) is 18.6. The molecule has 1 saturated carbocycles. The average molecular weight is 433 g/mol. The number of aromatic amines is 1. The molecule has 1 heterocycles. The van der Waals surface area contributed by atoms with Gasteiger partial charge in [-0.2, -0.15) is 0 Å². The van der Waals surface area contributed by atoms with Gasteiger partial charge in [0.05, 0.1) is 0 Å². The van der Waals surface area contributed by atoms with Gasteiger partial charge in [-0.1, -0.05) is 36.4 Å². The molecule has 168 valence electrons. The lowest BCUT2D eigenvalue weighted by Crippen LogP contribution is -2.48. The van der Waals surface area contributed by atoms with E-state index in [0.29, 0.717) is 24.6 Å². The van der Waals surface area contributed by atoms with Gasteiger partial charge in [-0.25, -0.2) is 0 Å². The van der Waals surface area contributed by atoms with Crippen molar-refractivity contribution in [2.75, 3.05) is 11.9 Å². The molecular formula is C26H32N4O2. The van der Waals surface area contributed by atoms with Gasteiger partial charge in [0.1, 0.15) is 6.04 Å². The summed E-state index contributed by atoms with van der Waals surface area (Å²) in [5, 5.41) is 7.14. The molecule has 2 aromatic carbocycles. The van der Waals surface area contributed by atoms with Gasteiger partial charge in [0, 0.05) is 29.2 Å². The largest absolute Gasteiger partial charge is 0.359 e. The maximum Gasteiger partial charge on any atom is 0.247 e. The van der Waals surface area contributed by atoms with E-state index in [1.165, 1.54) is 0 Å². The molecular weight excluding hydrogens is 400 g/mol. The molecule has 0 aliphatic heterocycles. The molecule has 0 spiro atoms. The van der Waals surface area contributed by atoms with Gasteiger partial charge in [-0.15, -0.1) is 0 Å². The molecule has 6 heteroatoms. The number of amides is 2. The minimum Gasteiger partial charge on any atom is -0.359 e. The summed E-state index contributed by atoms with van der Waals surface area (Å²) in [5.74, 6) is 0.212. The molecule has 1 atom stereocenters. The minimum absolute atomic E-state index is 0.0352. The topological polar surface area (TPSA) is 100 Å². The number of benzene rings is 2. The summed E-state index contributed by atoms with van der Waals surface area (Å²) in [4.78, 5) is 29.5. The van der Waals surface area contributed by atoms with E-state index in [9.17, 15) is 9.59 Å². The van der Waals surface area contributed by atoms with E-state index >= 15 is 0 Å². The molecule has 6 nitrogen and oxygen atoms in total. The smallest absolute Gasteiger partial charge is 0.247 e. The third-order valence-electron chi connectivity index (χ3n) is 6.49. The molecule has 0 bridgehead atoms. The summed E-state index contributed by atoms with van der Waals surface area (Å²) in [6.45, 7) is 2.68. The molecule has 0 saturated heterocycles. The van der Waals surface area contributed by atoms with Crippen molar-refractivity contribution in [2.45, 2.75) is 45.1 Å². The van der Waals surface area contributed by atoms with Crippen LogP contribution in [0.5, 0.6) is 0 Å². The van der Waals surface area contributed by atoms with Crippen LogP contribution < -0.4 is 16.4 Å². The Kier molecular flexibility index (Phi) is 6.90.